The second-order valence-corrected chi connectivity index (χ2v) is 10.2. The van der Waals surface area contributed by atoms with Crippen LogP contribution >= 0.6 is 11.8 Å². The molecule has 204 valence electrons. The van der Waals surface area contributed by atoms with Crippen molar-refractivity contribution in [3.8, 4) is 5.75 Å². The van der Waals surface area contributed by atoms with Gasteiger partial charge in [-0.3, -0.25) is 29.4 Å². The van der Waals surface area contributed by atoms with Crippen molar-refractivity contribution in [2.75, 3.05) is 37.6 Å². The molecule has 0 aromatic heterocycles. The lowest BCUT2D eigenvalue weighted by Gasteiger charge is -2.36. The van der Waals surface area contributed by atoms with Crippen LogP contribution in [0.4, 0.5) is 16.2 Å². The van der Waals surface area contributed by atoms with E-state index in [9.17, 15) is 24.5 Å². The minimum Gasteiger partial charge on any atom is -0.489 e. The monoisotopic (exact) mass is 558 g/mol. The number of nitro benzene ring substituents is 1. The van der Waals surface area contributed by atoms with Crippen LogP contribution < -0.4 is 9.64 Å². The number of rotatable bonds is 8. The Morgan fingerprint density at radius 2 is 1.60 bits per heavy atom. The summed E-state index contributed by atoms with van der Waals surface area (Å²) >= 11 is 0.818. The number of amides is 3. The number of piperazine rings is 1. The number of hydrogen-bond donors (Lipinski definition) is 0. The zero-order valence-electron chi connectivity index (χ0n) is 21.5. The lowest BCUT2D eigenvalue weighted by molar-refractivity contribution is -0.384. The van der Waals surface area contributed by atoms with E-state index < -0.39 is 16.1 Å². The predicted octanol–water partition coefficient (Wildman–Crippen LogP) is 4.56. The summed E-state index contributed by atoms with van der Waals surface area (Å²) in [6, 6.07) is 23.1. The first kappa shape index (κ1) is 26.9. The van der Waals surface area contributed by atoms with Gasteiger partial charge in [0, 0.05) is 44.0 Å². The molecule has 3 aromatic carbocycles. The van der Waals surface area contributed by atoms with Gasteiger partial charge in [0.1, 0.15) is 18.9 Å². The van der Waals surface area contributed by atoms with E-state index in [1.165, 1.54) is 12.1 Å². The van der Waals surface area contributed by atoms with Gasteiger partial charge in [-0.1, -0.05) is 30.3 Å². The number of non-ortho nitro benzene ring substituents is 1. The molecule has 5 rings (SSSR count). The van der Waals surface area contributed by atoms with Crippen molar-refractivity contribution in [3.05, 3.63) is 105 Å². The molecule has 0 N–H and O–H groups in total. The summed E-state index contributed by atoms with van der Waals surface area (Å²) in [5.41, 5.74) is 2.62. The topological polar surface area (TPSA) is 113 Å². The molecule has 3 amide bonds. The van der Waals surface area contributed by atoms with Gasteiger partial charge in [-0.15, -0.1) is 0 Å². The molecule has 2 saturated heterocycles. The van der Waals surface area contributed by atoms with Crippen molar-refractivity contribution in [3.63, 3.8) is 0 Å². The van der Waals surface area contributed by atoms with Crippen molar-refractivity contribution in [2.24, 2.45) is 0 Å². The Morgan fingerprint density at radius 3 is 2.25 bits per heavy atom. The molecule has 0 unspecified atom stereocenters. The molecule has 3 aromatic rings. The van der Waals surface area contributed by atoms with Crippen LogP contribution in [0.2, 0.25) is 0 Å². The maximum absolute atomic E-state index is 12.9. The molecule has 2 heterocycles. The van der Waals surface area contributed by atoms with Crippen molar-refractivity contribution in [1.82, 2.24) is 9.80 Å². The van der Waals surface area contributed by atoms with Crippen molar-refractivity contribution < 1.29 is 24.0 Å². The van der Waals surface area contributed by atoms with E-state index in [4.69, 9.17) is 4.74 Å². The smallest absolute Gasteiger partial charge is 0.294 e. The lowest BCUT2D eigenvalue weighted by Crippen LogP contribution is -2.51. The first-order chi connectivity index (χ1) is 19.4. The molecule has 0 aliphatic carbocycles. The number of carbonyl (C=O) groups excluding carboxylic acids is 3. The zero-order chi connectivity index (χ0) is 28.1. The fourth-order valence-electron chi connectivity index (χ4n) is 4.42. The Kier molecular flexibility index (Phi) is 8.11. The van der Waals surface area contributed by atoms with Gasteiger partial charge < -0.3 is 14.5 Å². The van der Waals surface area contributed by atoms with Gasteiger partial charge in [-0.05, 0) is 65.4 Å². The van der Waals surface area contributed by atoms with Crippen LogP contribution in [0.1, 0.15) is 11.1 Å². The molecule has 10 nitrogen and oxygen atoms in total. The summed E-state index contributed by atoms with van der Waals surface area (Å²) in [6.45, 7) is 2.39. The first-order valence-electron chi connectivity index (χ1n) is 12.7. The lowest BCUT2D eigenvalue weighted by atomic mass is 10.2. The van der Waals surface area contributed by atoms with Crippen molar-refractivity contribution in [1.29, 1.82) is 0 Å². The summed E-state index contributed by atoms with van der Waals surface area (Å²) in [6.07, 6.45) is 1.62. The first-order valence-corrected chi connectivity index (χ1v) is 13.5. The minimum absolute atomic E-state index is 0.0172. The van der Waals surface area contributed by atoms with E-state index in [-0.39, 0.29) is 29.7 Å². The normalized spacial score (nSPS) is 16.5. The molecule has 0 radical (unpaired) electrons. The fourth-order valence-corrected chi connectivity index (χ4v) is 5.25. The number of carbonyl (C=O) groups is 3. The molecule has 11 heteroatoms. The third-order valence-electron chi connectivity index (χ3n) is 6.65. The summed E-state index contributed by atoms with van der Waals surface area (Å²) in [7, 11) is 0. The zero-order valence-corrected chi connectivity index (χ0v) is 22.3. The predicted molar refractivity (Wildman–Crippen MR) is 152 cm³/mol. The number of imide groups is 1. The number of para-hydroxylation sites is 1. The van der Waals surface area contributed by atoms with Gasteiger partial charge in [-0.25, -0.2) is 0 Å². The highest BCUT2D eigenvalue weighted by atomic mass is 32.2. The fraction of sp³-hybridized carbons (Fsp3) is 0.207. The van der Waals surface area contributed by atoms with E-state index in [0.29, 0.717) is 37.5 Å². The SMILES string of the molecule is O=C(CN1C(=O)S/C(=C/c2ccc(OCc3ccc([N+](=O)[O-])cc3)cc2)C1=O)N1CCN(c2ccccc2)CC1. The number of hydrogen-bond acceptors (Lipinski definition) is 8. The van der Waals surface area contributed by atoms with Gasteiger partial charge in [0.25, 0.3) is 16.8 Å². The molecule has 2 aliphatic heterocycles. The second-order valence-electron chi connectivity index (χ2n) is 9.25. The standard InChI is InChI=1S/C29H26N4O6S/c34-27(31-16-14-30(15-17-31)23-4-2-1-3-5-23)19-32-28(35)26(40-29(32)36)18-21-8-12-25(13-9-21)39-20-22-6-10-24(11-7-22)33(37)38/h1-13,18H,14-17,19-20H2/b26-18+. The Hall–Kier alpha value is -4.64. The summed E-state index contributed by atoms with van der Waals surface area (Å²) in [5, 5.41) is 10.3. The second kappa shape index (κ2) is 12.0. The van der Waals surface area contributed by atoms with Crippen molar-refractivity contribution in [2.45, 2.75) is 6.61 Å². The maximum Gasteiger partial charge on any atom is 0.294 e. The molecule has 2 fully saturated rings. The van der Waals surface area contributed by atoms with E-state index >= 15 is 0 Å². The molecular weight excluding hydrogens is 532 g/mol. The summed E-state index contributed by atoms with van der Waals surface area (Å²) in [5.74, 6) is -0.142. The summed E-state index contributed by atoms with van der Waals surface area (Å²) < 4.78 is 5.74. The highest BCUT2D eigenvalue weighted by Gasteiger charge is 2.37. The van der Waals surface area contributed by atoms with Gasteiger partial charge in [0.05, 0.1) is 9.83 Å². The third-order valence-corrected chi connectivity index (χ3v) is 7.56. The third kappa shape index (κ3) is 6.32. The summed E-state index contributed by atoms with van der Waals surface area (Å²) in [4.78, 5) is 53.9. The van der Waals surface area contributed by atoms with Crippen LogP contribution in [0.5, 0.6) is 5.75 Å². The molecule has 0 bridgehead atoms. The quantitative estimate of drug-likeness (QED) is 0.225. The average Bonchev–Trinajstić information content (AvgIpc) is 3.24. The Bertz CT molecular complexity index is 1440. The van der Waals surface area contributed by atoms with E-state index in [2.05, 4.69) is 4.90 Å². The van der Waals surface area contributed by atoms with Crippen molar-refractivity contribution >= 4 is 46.3 Å². The van der Waals surface area contributed by atoms with Crippen LogP contribution in [-0.4, -0.2) is 64.5 Å². The van der Waals surface area contributed by atoms with E-state index in [1.54, 1.807) is 47.4 Å². The van der Waals surface area contributed by atoms with Gasteiger partial charge in [0.2, 0.25) is 5.91 Å². The molecule has 0 spiro atoms. The maximum atomic E-state index is 12.9. The van der Waals surface area contributed by atoms with Crippen LogP contribution in [0.3, 0.4) is 0 Å². The highest BCUT2D eigenvalue weighted by molar-refractivity contribution is 8.18. The van der Waals surface area contributed by atoms with Gasteiger partial charge >= 0.3 is 0 Å². The Balaban J connectivity index is 1.13. The Morgan fingerprint density at radius 1 is 0.925 bits per heavy atom. The van der Waals surface area contributed by atoms with Gasteiger partial charge in [0.15, 0.2) is 0 Å². The van der Waals surface area contributed by atoms with Gasteiger partial charge in [-0.2, -0.15) is 0 Å². The Labute approximate surface area is 235 Å². The number of nitrogens with zero attached hydrogens (tertiary/aromatic N) is 4. The highest BCUT2D eigenvalue weighted by Crippen LogP contribution is 2.32. The largest absolute Gasteiger partial charge is 0.489 e. The molecule has 0 atom stereocenters. The number of thioether (sulfide) groups is 1. The van der Waals surface area contributed by atoms with Crippen LogP contribution in [0.15, 0.2) is 83.8 Å². The van der Waals surface area contributed by atoms with E-state index in [0.717, 1.165) is 27.9 Å². The molecular formula is C29H26N4O6S. The number of benzene rings is 3. The molecule has 2 aliphatic rings. The number of ether oxygens (including phenoxy) is 1. The average molecular weight is 559 g/mol. The molecule has 40 heavy (non-hydrogen) atoms. The minimum atomic E-state index is -0.482. The molecule has 0 saturated carbocycles. The number of anilines is 1. The van der Waals surface area contributed by atoms with Crippen LogP contribution in [0.25, 0.3) is 6.08 Å². The van der Waals surface area contributed by atoms with Crippen LogP contribution in [-0.2, 0) is 16.2 Å². The van der Waals surface area contributed by atoms with E-state index in [1.807, 2.05) is 30.3 Å². The number of nitro groups is 1. The van der Waals surface area contributed by atoms with Crippen LogP contribution in [0, 0.1) is 10.1 Å².